The van der Waals surface area contributed by atoms with Crippen molar-refractivity contribution >= 4 is 17.6 Å². The van der Waals surface area contributed by atoms with E-state index in [2.05, 4.69) is 4.98 Å². The van der Waals surface area contributed by atoms with Crippen molar-refractivity contribution in [2.24, 2.45) is 0 Å². The standard InChI is InChI=1S/C22H18N2O3S/c25-15-18-5-4-12-24(18)22-23-21(16-28-22)17-8-10-20(11-9-17)27-14-13-26-19-6-2-1-3-7-19/h1-12,15-16H,13-14H2. The highest BCUT2D eigenvalue weighted by molar-refractivity contribution is 7.12. The summed E-state index contributed by atoms with van der Waals surface area (Å²) in [5.41, 5.74) is 2.45. The Labute approximate surface area is 166 Å². The molecule has 0 saturated carbocycles. The van der Waals surface area contributed by atoms with Gasteiger partial charge in [-0.15, -0.1) is 11.3 Å². The zero-order chi connectivity index (χ0) is 19.2. The lowest BCUT2D eigenvalue weighted by molar-refractivity contribution is 0.111. The van der Waals surface area contributed by atoms with Crippen LogP contribution in [0.15, 0.2) is 78.3 Å². The minimum atomic E-state index is 0.469. The van der Waals surface area contributed by atoms with E-state index < -0.39 is 0 Å². The van der Waals surface area contributed by atoms with E-state index in [1.807, 2.05) is 72.2 Å². The van der Waals surface area contributed by atoms with Gasteiger partial charge in [0.05, 0.1) is 11.4 Å². The van der Waals surface area contributed by atoms with Gasteiger partial charge in [-0.2, -0.15) is 0 Å². The molecule has 0 aliphatic heterocycles. The van der Waals surface area contributed by atoms with Gasteiger partial charge in [0.1, 0.15) is 24.7 Å². The van der Waals surface area contributed by atoms with Crippen LogP contribution in [0.4, 0.5) is 0 Å². The molecular formula is C22H18N2O3S. The Kier molecular flexibility index (Phi) is 5.49. The van der Waals surface area contributed by atoms with E-state index in [0.29, 0.717) is 18.9 Å². The number of hydrogen-bond acceptors (Lipinski definition) is 5. The number of benzene rings is 2. The van der Waals surface area contributed by atoms with Crippen molar-refractivity contribution in [3.63, 3.8) is 0 Å². The molecule has 2 aromatic heterocycles. The van der Waals surface area contributed by atoms with Crippen LogP contribution in [0.2, 0.25) is 0 Å². The largest absolute Gasteiger partial charge is 0.490 e. The average Bonchev–Trinajstić information content (AvgIpc) is 3.41. The Morgan fingerprint density at radius 3 is 2.32 bits per heavy atom. The topological polar surface area (TPSA) is 53.4 Å². The van der Waals surface area contributed by atoms with Gasteiger partial charge < -0.3 is 9.47 Å². The monoisotopic (exact) mass is 390 g/mol. The number of carbonyl (C=O) groups is 1. The maximum absolute atomic E-state index is 11.1. The second-order valence-corrected chi connectivity index (χ2v) is 6.81. The number of aldehydes is 1. The van der Waals surface area contributed by atoms with E-state index in [-0.39, 0.29) is 0 Å². The summed E-state index contributed by atoms with van der Waals surface area (Å²) in [5, 5.41) is 2.74. The molecule has 0 aliphatic rings. The molecule has 0 N–H and O–H groups in total. The lowest BCUT2D eigenvalue weighted by Gasteiger charge is -2.08. The maximum Gasteiger partial charge on any atom is 0.194 e. The summed E-state index contributed by atoms with van der Waals surface area (Å²) in [6, 6.07) is 21.1. The molecule has 0 saturated heterocycles. The van der Waals surface area contributed by atoms with Crippen molar-refractivity contribution in [1.29, 1.82) is 0 Å². The van der Waals surface area contributed by atoms with E-state index in [1.54, 1.807) is 10.6 Å². The van der Waals surface area contributed by atoms with Crippen LogP contribution >= 0.6 is 11.3 Å². The fraction of sp³-hybridized carbons (Fsp3) is 0.0909. The fourth-order valence-electron chi connectivity index (χ4n) is 2.73. The van der Waals surface area contributed by atoms with Crippen LogP contribution in [0, 0.1) is 0 Å². The van der Waals surface area contributed by atoms with Crippen molar-refractivity contribution < 1.29 is 14.3 Å². The smallest absolute Gasteiger partial charge is 0.194 e. The van der Waals surface area contributed by atoms with Crippen LogP contribution in [-0.2, 0) is 0 Å². The number of carbonyl (C=O) groups excluding carboxylic acids is 1. The molecule has 0 bridgehead atoms. The molecule has 2 aromatic carbocycles. The van der Waals surface area contributed by atoms with Crippen molar-refractivity contribution in [3.8, 4) is 27.9 Å². The van der Waals surface area contributed by atoms with E-state index >= 15 is 0 Å². The molecule has 140 valence electrons. The van der Waals surface area contributed by atoms with Gasteiger partial charge in [0.25, 0.3) is 0 Å². The lowest BCUT2D eigenvalue weighted by Crippen LogP contribution is -2.08. The number of thiazole rings is 1. The Morgan fingerprint density at radius 1 is 0.893 bits per heavy atom. The number of ether oxygens (including phenoxy) is 2. The van der Waals surface area contributed by atoms with Crippen LogP contribution in [0.1, 0.15) is 10.5 Å². The predicted octanol–water partition coefficient (Wildman–Crippen LogP) is 4.87. The highest BCUT2D eigenvalue weighted by Crippen LogP contribution is 2.26. The molecule has 0 atom stereocenters. The number of hydrogen-bond donors (Lipinski definition) is 0. The highest BCUT2D eigenvalue weighted by Gasteiger charge is 2.09. The van der Waals surface area contributed by atoms with Gasteiger partial charge in [0.2, 0.25) is 0 Å². The van der Waals surface area contributed by atoms with Crippen molar-refractivity contribution in [3.05, 3.63) is 84.0 Å². The second kappa shape index (κ2) is 8.54. The average molecular weight is 390 g/mol. The fourth-order valence-corrected chi connectivity index (χ4v) is 3.57. The molecule has 2 heterocycles. The highest BCUT2D eigenvalue weighted by atomic mass is 32.1. The molecule has 0 unspecified atom stereocenters. The summed E-state index contributed by atoms with van der Waals surface area (Å²) in [7, 11) is 0. The van der Waals surface area contributed by atoms with Gasteiger partial charge in [0, 0.05) is 17.1 Å². The molecule has 0 amide bonds. The van der Waals surface area contributed by atoms with E-state index in [1.165, 1.54) is 11.3 Å². The number of aromatic nitrogens is 2. The Balaban J connectivity index is 1.35. The third-order valence-corrected chi connectivity index (χ3v) is 4.95. The zero-order valence-electron chi connectivity index (χ0n) is 15.0. The van der Waals surface area contributed by atoms with E-state index in [9.17, 15) is 4.79 Å². The van der Waals surface area contributed by atoms with Gasteiger partial charge in [-0.1, -0.05) is 18.2 Å². The summed E-state index contributed by atoms with van der Waals surface area (Å²) < 4.78 is 13.1. The van der Waals surface area contributed by atoms with Crippen LogP contribution in [0.25, 0.3) is 16.4 Å². The summed E-state index contributed by atoms with van der Waals surface area (Å²) in [6.45, 7) is 0.953. The summed E-state index contributed by atoms with van der Waals surface area (Å²) >= 11 is 1.50. The van der Waals surface area contributed by atoms with Gasteiger partial charge >= 0.3 is 0 Å². The number of para-hydroxylation sites is 1. The minimum absolute atomic E-state index is 0.469. The lowest BCUT2D eigenvalue weighted by atomic mass is 10.2. The Morgan fingerprint density at radius 2 is 1.61 bits per heavy atom. The first-order valence-corrected chi connectivity index (χ1v) is 9.71. The SMILES string of the molecule is O=Cc1cccn1-c1nc(-c2ccc(OCCOc3ccccc3)cc2)cs1. The molecule has 28 heavy (non-hydrogen) atoms. The molecule has 4 aromatic rings. The molecule has 0 aliphatic carbocycles. The molecule has 4 rings (SSSR count). The zero-order valence-corrected chi connectivity index (χ0v) is 15.8. The van der Waals surface area contributed by atoms with Crippen LogP contribution in [0.3, 0.4) is 0 Å². The molecule has 6 heteroatoms. The van der Waals surface area contributed by atoms with Crippen LogP contribution in [0.5, 0.6) is 11.5 Å². The van der Waals surface area contributed by atoms with Crippen molar-refractivity contribution in [2.45, 2.75) is 0 Å². The third-order valence-electron chi connectivity index (χ3n) is 4.11. The molecule has 5 nitrogen and oxygen atoms in total. The summed E-state index contributed by atoms with van der Waals surface area (Å²) in [5.74, 6) is 1.62. The van der Waals surface area contributed by atoms with Crippen molar-refractivity contribution in [2.75, 3.05) is 13.2 Å². The minimum Gasteiger partial charge on any atom is -0.490 e. The number of rotatable bonds is 8. The van der Waals surface area contributed by atoms with E-state index in [0.717, 1.165) is 34.2 Å². The molecular weight excluding hydrogens is 372 g/mol. The molecule has 0 fully saturated rings. The first-order chi connectivity index (χ1) is 13.8. The normalized spacial score (nSPS) is 10.6. The molecule has 0 radical (unpaired) electrons. The van der Waals surface area contributed by atoms with E-state index in [4.69, 9.17) is 9.47 Å². The quantitative estimate of drug-likeness (QED) is 0.318. The first kappa shape index (κ1) is 18.0. The van der Waals surface area contributed by atoms with Gasteiger partial charge in [-0.25, -0.2) is 4.98 Å². The molecule has 0 spiro atoms. The van der Waals surface area contributed by atoms with Gasteiger partial charge in [-0.05, 0) is 48.5 Å². The van der Waals surface area contributed by atoms with Crippen LogP contribution < -0.4 is 9.47 Å². The maximum atomic E-state index is 11.1. The first-order valence-electron chi connectivity index (χ1n) is 8.83. The summed E-state index contributed by atoms with van der Waals surface area (Å²) in [6.07, 6.45) is 2.66. The van der Waals surface area contributed by atoms with Crippen LogP contribution in [-0.4, -0.2) is 29.1 Å². The third kappa shape index (κ3) is 4.13. The Hall–Kier alpha value is -3.38. The van der Waals surface area contributed by atoms with Gasteiger partial charge in [0.15, 0.2) is 11.4 Å². The predicted molar refractivity (Wildman–Crippen MR) is 110 cm³/mol. The Bertz CT molecular complexity index is 1040. The number of nitrogens with zero attached hydrogens (tertiary/aromatic N) is 2. The van der Waals surface area contributed by atoms with Crippen molar-refractivity contribution in [1.82, 2.24) is 9.55 Å². The van der Waals surface area contributed by atoms with Gasteiger partial charge in [-0.3, -0.25) is 9.36 Å². The second-order valence-electron chi connectivity index (χ2n) is 5.97. The summed E-state index contributed by atoms with van der Waals surface area (Å²) in [4.78, 5) is 15.7.